The summed E-state index contributed by atoms with van der Waals surface area (Å²) in [6.45, 7) is 7.87. The van der Waals surface area contributed by atoms with E-state index in [-0.39, 0.29) is 6.10 Å². The predicted molar refractivity (Wildman–Crippen MR) is 74.2 cm³/mol. The van der Waals surface area contributed by atoms with Crippen LogP contribution < -0.4 is 0 Å². The van der Waals surface area contributed by atoms with Crippen LogP contribution in [0.1, 0.15) is 72.1 Å². The third-order valence-electron chi connectivity index (χ3n) is 4.27. The predicted octanol–water partition coefficient (Wildman–Crippen LogP) is 3.58. The van der Waals surface area contributed by atoms with Crippen molar-refractivity contribution < 1.29 is 5.11 Å². The van der Waals surface area contributed by atoms with Crippen LogP contribution in [0.3, 0.4) is 0 Å². The second kappa shape index (κ2) is 8.10. The Labute approximate surface area is 107 Å². The zero-order valence-corrected chi connectivity index (χ0v) is 12.0. The molecule has 0 amide bonds. The lowest BCUT2D eigenvalue weighted by atomic mass is 9.98. The number of aliphatic hydroxyl groups is 1. The van der Waals surface area contributed by atoms with Gasteiger partial charge in [0.1, 0.15) is 0 Å². The normalized spacial score (nSPS) is 26.5. The molecule has 1 N–H and O–H groups in total. The molecule has 0 aromatic carbocycles. The summed E-state index contributed by atoms with van der Waals surface area (Å²) in [5.41, 5.74) is 0. The van der Waals surface area contributed by atoms with Crippen LogP contribution in [0.25, 0.3) is 0 Å². The molecule has 17 heavy (non-hydrogen) atoms. The number of aliphatic hydroxyl groups excluding tert-OH is 1. The van der Waals surface area contributed by atoms with Crippen molar-refractivity contribution in [3.05, 3.63) is 0 Å². The molecule has 0 radical (unpaired) electrons. The lowest BCUT2D eigenvalue weighted by molar-refractivity contribution is 0.0168. The van der Waals surface area contributed by atoms with Crippen molar-refractivity contribution in [2.24, 2.45) is 0 Å². The maximum Gasteiger partial charge on any atom is 0.0695 e. The van der Waals surface area contributed by atoms with Gasteiger partial charge in [-0.15, -0.1) is 0 Å². The minimum Gasteiger partial charge on any atom is -0.391 e. The summed E-state index contributed by atoms with van der Waals surface area (Å²) < 4.78 is 0. The van der Waals surface area contributed by atoms with Gasteiger partial charge in [0.05, 0.1) is 6.10 Å². The molecule has 0 spiro atoms. The molecular weight excluding hydrogens is 210 g/mol. The molecular formula is C15H31NO. The standard InChI is InChI=1S/C15H31NO/c1-4-10-15(17)14(6-3)16-12-9-7-8-11-13(16)5-2/h13-15,17H,4-12H2,1-3H3. The molecule has 1 aliphatic heterocycles. The summed E-state index contributed by atoms with van der Waals surface area (Å²) in [4.78, 5) is 2.62. The minimum absolute atomic E-state index is 0.128. The molecule has 102 valence electrons. The van der Waals surface area contributed by atoms with Gasteiger partial charge in [0.15, 0.2) is 0 Å². The van der Waals surface area contributed by atoms with Crippen LogP contribution in [-0.4, -0.2) is 34.7 Å². The number of rotatable bonds is 6. The number of nitrogens with zero attached hydrogens (tertiary/aromatic N) is 1. The van der Waals surface area contributed by atoms with Crippen molar-refractivity contribution in [3.63, 3.8) is 0 Å². The lowest BCUT2D eigenvalue weighted by Crippen LogP contribution is -2.48. The third-order valence-corrected chi connectivity index (χ3v) is 4.27. The van der Waals surface area contributed by atoms with Gasteiger partial charge in [0, 0.05) is 12.1 Å². The number of hydrogen-bond donors (Lipinski definition) is 1. The van der Waals surface area contributed by atoms with E-state index in [4.69, 9.17) is 0 Å². The Kier molecular flexibility index (Phi) is 7.14. The van der Waals surface area contributed by atoms with Crippen molar-refractivity contribution in [1.29, 1.82) is 0 Å². The third kappa shape index (κ3) is 4.26. The summed E-state index contributed by atoms with van der Waals surface area (Å²) in [6, 6.07) is 1.09. The largest absolute Gasteiger partial charge is 0.391 e. The van der Waals surface area contributed by atoms with E-state index in [0.717, 1.165) is 19.3 Å². The zero-order valence-electron chi connectivity index (χ0n) is 12.0. The SMILES string of the molecule is CCCC(O)C(CC)N1CCCCCC1CC. The fourth-order valence-corrected chi connectivity index (χ4v) is 3.29. The van der Waals surface area contributed by atoms with Gasteiger partial charge in [-0.1, -0.05) is 40.0 Å². The maximum atomic E-state index is 10.3. The molecule has 0 aromatic rings. The minimum atomic E-state index is -0.128. The fraction of sp³-hybridized carbons (Fsp3) is 1.00. The molecule has 2 heteroatoms. The second-order valence-corrected chi connectivity index (χ2v) is 5.48. The van der Waals surface area contributed by atoms with Crippen LogP contribution in [0.15, 0.2) is 0 Å². The van der Waals surface area contributed by atoms with E-state index < -0.39 is 0 Å². The van der Waals surface area contributed by atoms with Crippen LogP contribution in [-0.2, 0) is 0 Å². The molecule has 1 heterocycles. The Bertz CT molecular complexity index is 195. The first-order valence-electron chi connectivity index (χ1n) is 7.68. The summed E-state index contributed by atoms with van der Waals surface area (Å²) in [5, 5.41) is 10.3. The van der Waals surface area contributed by atoms with Crippen LogP contribution in [0.4, 0.5) is 0 Å². The van der Waals surface area contributed by atoms with E-state index in [9.17, 15) is 5.11 Å². The molecule has 0 aromatic heterocycles. The highest BCUT2D eigenvalue weighted by molar-refractivity contribution is 4.84. The van der Waals surface area contributed by atoms with Crippen LogP contribution >= 0.6 is 0 Å². The number of hydrogen-bond acceptors (Lipinski definition) is 2. The average molecular weight is 241 g/mol. The smallest absolute Gasteiger partial charge is 0.0695 e. The molecule has 2 nitrogen and oxygen atoms in total. The van der Waals surface area contributed by atoms with Gasteiger partial charge >= 0.3 is 0 Å². The van der Waals surface area contributed by atoms with E-state index in [1.165, 1.54) is 38.6 Å². The molecule has 1 fully saturated rings. The molecule has 1 aliphatic rings. The van der Waals surface area contributed by atoms with Crippen molar-refractivity contribution >= 4 is 0 Å². The van der Waals surface area contributed by atoms with Gasteiger partial charge in [0.2, 0.25) is 0 Å². The summed E-state index contributed by atoms with van der Waals surface area (Å²) >= 11 is 0. The first-order valence-corrected chi connectivity index (χ1v) is 7.68. The lowest BCUT2D eigenvalue weighted by Gasteiger charge is -2.38. The molecule has 0 bridgehead atoms. The van der Waals surface area contributed by atoms with Crippen molar-refractivity contribution in [2.75, 3.05) is 6.54 Å². The second-order valence-electron chi connectivity index (χ2n) is 5.48. The average Bonchev–Trinajstić information content (AvgIpc) is 2.56. The van der Waals surface area contributed by atoms with Gasteiger partial charge < -0.3 is 5.11 Å². The highest BCUT2D eigenvalue weighted by Gasteiger charge is 2.29. The molecule has 0 aliphatic carbocycles. The van der Waals surface area contributed by atoms with Crippen LogP contribution in [0.5, 0.6) is 0 Å². The van der Waals surface area contributed by atoms with Gasteiger partial charge in [-0.2, -0.15) is 0 Å². The van der Waals surface area contributed by atoms with Crippen molar-refractivity contribution in [2.45, 2.75) is 90.3 Å². The summed E-state index contributed by atoms with van der Waals surface area (Å²) in [5.74, 6) is 0. The van der Waals surface area contributed by atoms with Gasteiger partial charge in [0.25, 0.3) is 0 Å². The van der Waals surface area contributed by atoms with Crippen LogP contribution in [0, 0.1) is 0 Å². The molecule has 1 saturated heterocycles. The monoisotopic (exact) mass is 241 g/mol. The Morgan fingerprint density at radius 1 is 1.18 bits per heavy atom. The molecule has 0 saturated carbocycles. The van der Waals surface area contributed by atoms with E-state index >= 15 is 0 Å². The molecule has 3 unspecified atom stereocenters. The Hall–Kier alpha value is -0.0800. The summed E-state index contributed by atoms with van der Waals surface area (Å²) in [6.07, 6.45) is 9.60. The van der Waals surface area contributed by atoms with Crippen molar-refractivity contribution in [3.8, 4) is 0 Å². The first-order chi connectivity index (χ1) is 8.24. The molecule has 1 rings (SSSR count). The van der Waals surface area contributed by atoms with E-state index in [2.05, 4.69) is 25.7 Å². The zero-order chi connectivity index (χ0) is 12.7. The quantitative estimate of drug-likeness (QED) is 0.768. The topological polar surface area (TPSA) is 23.5 Å². The molecule has 3 atom stereocenters. The first kappa shape index (κ1) is 15.0. The van der Waals surface area contributed by atoms with E-state index in [1.807, 2.05) is 0 Å². The van der Waals surface area contributed by atoms with E-state index in [0.29, 0.717) is 12.1 Å². The Morgan fingerprint density at radius 3 is 2.53 bits per heavy atom. The highest BCUT2D eigenvalue weighted by Crippen LogP contribution is 2.25. The highest BCUT2D eigenvalue weighted by atomic mass is 16.3. The fourth-order valence-electron chi connectivity index (χ4n) is 3.29. The Morgan fingerprint density at radius 2 is 1.94 bits per heavy atom. The van der Waals surface area contributed by atoms with Crippen molar-refractivity contribution in [1.82, 2.24) is 4.90 Å². The van der Waals surface area contributed by atoms with Gasteiger partial charge in [-0.3, -0.25) is 4.90 Å². The van der Waals surface area contributed by atoms with Gasteiger partial charge in [-0.25, -0.2) is 0 Å². The van der Waals surface area contributed by atoms with Crippen LogP contribution in [0.2, 0.25) is 0 Å². The Balaban J connectivity index is 2.68. The van der Waals surface area contributed by atoms with E-state index in [1.54, 1.807) is 0 Å². The van der Waals surface area contributed by atoms with Gasteiger partial charge in [-0.05, 0) is 38.6 Å². The maximum absolute atomic E-state index is 10.3. The number of likely N-dealkylation sites (tertiary alicyclic amines) is 1. The summed E-state index contributed by atoms with van der Waals surface area (Å²) in [7, 11) is 0.